The Morgan fingerprint density at radius 3 is 2.40 bits per heavy atom. The molecule has 14 nitrogen and oxygen atoms in total. The fraction of sp³-hybridized carbons (Fsp3) is 0.417. The number of imide groups is 1. The van der Waals surface area contributed by atoms with Gasteiger partial charge in [-0.3, -0.25) is 14.5 Å². The SMILES string of the molecule is CC(C)CN(C[C@@H](O)[C@H](Cc1ccccc1)NC(=O)C(C(C)C)N1CC(=O)N(Cc2nc3cccnc3n2C)C1=O)S(=O)(=O)c1ccc(Cl)c(N)c1. The summed E-state index contributed by atoms with van der Waals surface area (Å²) in [5, 5.41) is 14.9. The number of aliphatic hydroxyl groups is 1. The molecule has 3 heterocycles. The topological polar surface area (TPSA) is 184 Å². The van der Waals surface area contributed by atoms with Gasteiger partial charge < -0.3 is 25.6 Å². The second-order valence-electron chi connectivity index (χ2n) is 13.8. The van der Waals surface area contributed by atoms with E-state index in [1.807, 2.05) is 44.2 Å². The highest BCUT2D eigenvalue weighted by molar-refractivity contribution is 7.89. The van der Waals surface area contributed by atoms with Crippen LogP contribution in [0.15, 0.2) is 71.8 Å². The van der Waals surface area contributed by atoms with Crippen molar-refractivity contribution in [2.75, 3.05) is 25.4 Å². The molecule has 0 spiro atoms. The minimum Gasteiger partial charge on any atom is -0.397 e. The number of nitrogens with one attached hydrogen (secondary N) is 1. The molecule has 1 saturated heterocycles. The number of nitrogens with two attached hydrogens (primary N) is 1. The van der Waals surface area contributed by atoms with Crippen molar-refractivity contribution in [3.8, 4) is 0 Å². The van der Waals surface area contributed by atoms with Crippen molar-refractivity contribution in [2.24, 2.45) is 18.9 Å². The number of carbonyl (C=O) groups excluding carboxylic acids is 3. The molecule has 1 aliphatic rings. The van der Waals surface area contributed by atoms with E-state index in [2.05, 4.69) is 15.3 Å². The summed E-state index contributed by atoms with van der Waals surface area (Å²) in [5.74, 6) is -1.16. The molecule has 278 valence electrons. The van der Waals surface area contributed by atoms with Crippen LogP contribution in [-0.4, -0.2) is 97.8 Å². The van der Waals surface area contributed by atoms with Gasteiger partial charge in [-0.2, -0.15) is 4.31 Å². The molecule has 3 atom stereocenters. The van der Waals surface area contributed by atoms with Crippen LogP contribution in [0.1, 0.15) is 39.1 Å². The van der Waals surface area contributed by atoms with Gasteiger partial charge in [-0.05, 0) is 54.2 Å². The minimum absolute atomic E-state index is 0.0738. The number of benzene rings is 2. The van der Waals surface area contributed by atoms with Gasteiger partial charge in [0.2, 0.25) is 15.9 Å². The van der Waals surface area contributed by atoms with Crippen molar-refractivity contribution in [3.05, 3.63) is 83.3 Å². The number of halogens is 1. The van der Waals surface area contributed by atoms with E-state index in [0.717, 1.165) is 10.5 Å². The van der Waals surface area contributed by atoms with Crippen LogP contribution < -0.4 is 11.1 Å². The zero-order valence-electron chi connectivity index (χ0n) is 29.8. The number of nitrogens with zero attached hydrogens (tertiary/aromatic N) is 6. The number of aliphatic hydroxyl groups excluding tert-OH is 1. The first-order chi connectivity index (χ1) is 24.6. The summed E-state index contributed by atoms with van der Waals surface area (Å²) in [6.45, 7) is 6.52. The maximum absolute atomic E-state index is 14.2. The van der Waals surface area contributed by atoms with Crippen molar-refractivity contribution in [1.82, 2.24) is 34.0 Å². The quantitative estimate of drug-likeness (QED) is 0.121. The Kier molecular flexibility index (Phi) is 11.9. The highest BCUT2D eigenvalue weighted by Crippen LogP contribution is 2.27. The van der Waals surface area contributed by atoms with Crippen molar-refractivity contribution >= 4 is 56.3 Å². The summed E-state index contributed by atoms with van der Waals surface area (Å²) in [6.07, 6.45) is 0.405. The number of anilines is 1. The van der Waals surface area contributed by atoms with Crippen LogP contribution in [0.25, 0.3) is 11.2 Å². The smallest absolute Gasteiger partial charge is 0.328 e. The van der Waals surface area contributed by atoms with Crippen molar-refractivity contribution < 1.29 is 27.9 Å². The molecule has 0 saturated carbocycles. The largest absolute Gasteiger partial charge is 0.397 e. The number of nitrogen functional groups attached to an aromatic ring is 1. The average molecular weight is 753 g/mol. The van der Waals surface area contributed by atoms with Gasteiger partial charge >= 0.3 is 6.03 Å². The molecular formula is C36H45ClN8O6S. The Morgan fingerprint density at radius 2 is 1.77 bits per heavy atom. The van der Waals surface area contributed by atoms with Gasteiger partial charge in [0.1, 0.15) is 23.9 Å². The van der Waals surface area contributed by atoms with Crippen LogP contribution in [0.2, 0.25) is 5.02 Å². The van der Waals surface area contributed by atoms with E-state index >= 15 is 0 Å². The molecule has 16 heteroatoms. The molecule has 4 N–H and O–H groups in total. The number of pyridine rings is 1. The molecule has 4 aromatic rings. The van der Waals surface area contributed by atoms with Crippen LogP contribution >= 0.6 is 11.6 Å². The number of imidazole rings is 1. The number of sulfonamides is 1. The molecule has 0 radical (unpaired) electrons. The van der Waals surface area contributed by atoms with Crippen molar-refractivity contribution in [2.45, 2.75) is 63.7 Å². The first-order valence-electron chi connectivity index (χ1n) is 17.0. The third-order valence-corrected chi connectivity index (χ3v) is 11.2. The summed E-state index contributed by atoms with van der Waals surface area (Å²) in [6, 6.07) is 14.0. The molecule has 0 aliphatic carbocycles. The summed E-state index contributed by atoms with van der Waals surface area (Å²) in [4.78, 5) is 52.3. The van der Waals surface area contributed by atoms with E-state index < -0.39 is 52.0 Å². The number of hydrogen-bond donors (Lipinski definition) is 3. The van der Waals surface area contributed by atoms with Crippen LogP contribution in [0.3, 0.4) is 0 Å². The van der Waals surface area contributed by atoms with E-state index in [1.54, 1.807) is 43.8 Å². The van der Waals surface area contributed by atoms with Gasteiger partial charge in [-0.1, -0.05) is 69.6 Å². The molecule has 2 aromatic carbocycles. The number of amides is 4. The summed E-state index contributed by atoms with van der Waals surface area (Å²) >= 11 is 6.06. The number of urea groups is 1. The molecule has 1 unspecified atom stereocenters. The lowest BCUT2D eigenvalue weighted by atomic mass is 9.97. The van der Waals surface area contributed by atoms with Crippen molar-refractivity contribution in [3.63, 3.8) is 0 Å². The molecule has 5 rings (SSSR count). The monoisotopic (exact) mass is 752 g/mol. The lowest BCUT2D eigenvalue weighted by molar-refractivity contribution is -0.129. The standard InChI is InChI=1S/C36H45ClN8O6S/c1-22(2)18-43(52(50,51)25-13-14-26(37)27(38)17-25)19-30(46)29(16-24-10-7-6-8-11-24)41-35(48)33(23(3)4)45-21-32(47)44(36(45)49)20-31-40-28-12-9-15-39-34(28)42(31)5/h6-15,17,22-23,29-30,33,46H,16,18-21,38H2,1-5H3,(H,41,48)/t29-,30+,33?/m0/s1. The first-order valence-corrected chi connectivity index (χ1v) is 18.8. The predicted octanol–water partition coefficient (Wildman–Crippen LogP) is 3.43. The van der Waals surface area contributed by atoms with Gasteiger partial charge in [0.15, 0.2) is 5.65 Å². The number of rotatable bonds is 15. The predicted molar refractivity (Wildman–Crippen MR) is 197 cm³/mol. The van der Waals surface area contributed by atoms with Crippen LogP contribution in [0.5, 0.6) is 0 Å². The molecule has 52 heavy (non-hydrogen) atoms. The number of carbonyl (C=O) groups is 3. The maximum atomic E-state index is 14.2. The Balaban J connectivity index is 1.39. The Hall–Kier alpha value is -4.57. The van der Waals surface area contributed by atoms with E-state index in [1.165, 1.54) is 27.4 Å². The molecule has 1 fully saturated rings. The van der Waals surface area contributed by atoms with E-state index in [-0.39, 0.29) is 54.1 Å². The van der Waals surface area contributed by atoms with Gasteiger partial charge in [0, 0.05) is 26.3 Å². The average Bonchev–Trinajstić information content (AvgIpc) is 3.55. The van der Waals surface area contributed by atoms with Crippen LogP contribution in [-0.2, 0) is 39.6 Å². The molecule has 1 aliphatic heterocycles. The number of hydrogen-bond acceptors (Lipinski definition) is 9. The first kappa shape index (κ1) is 38.7. The summed E-state index contributed by atoms with van der Waals surface area (Å²) < 4.78 is 30.6. The third-order valence-electron chi connectivity index (χ3n) is 8.99. The van der Waals surface area contributed by atoms with Gasteiger partial charge in [-0.25, -0.2) is 23.2 Å². The zero-order valence-corrected chi connectivity index (χ0v) is 31.4. The molecular weight excluding hydrogens is 708 g/mol. The van der Waals surface area contributed by atoms with Crippen molar-refractivity contribution in [1.29, 1.82) is 0 Å². The third kappa shape index (κ3) is 8.38. The fourth-order valence-electron chi connectivity index (χ4n) is 6.36. The second kappa shape index (κ2) is 16.0. The number of fused-ring (bicyclic) bond motifs is 1. The highest BCUT2D eigenvalue weighted by Gasteiger charge is 2.45. The van der Waals surface area contributed by atoms with Crippen LogP contribution in [0.4, 0.5) is 10.5 Å². The molecule has 2 aromatic heterocycles. The summed E-state index contributed by atoms with van der Waals surface area (Å²) in [5.41, 5.74) is 8.04. The minimum atomic E-state index is -4.15. The lowest BCUT2D eigenvalue weighted by Gasteiger charge is -2.34. The second-order valence-corrected chi connectivity index (χ2v) is 16.1. The van der Waals surface area contributed by atoms with Gasteiger partial charge in [0.05, 0.1) is 34.3 Å². The van der Waals surface area contributed by atoms with E-state index in [0.29, 0.717) is 17.0 Å². The zero-order chi connectivity index (χ0) is 37.9. The number of aryl methyl sites for hydroxylation is 1. The normalized spacial score (nSPS) is 15.7. The van der Waals surface area contributed by atoms with Gasteiger partial charge in [-0.15, -0.1) is 0 Å². The van der Waals surface area contributed by atoms with E-state index in [9.17, 15) is 27.9 Å². The lowest BCUT2D eigenvalue weighted by Crippen LogP contribution is -2.57. The van der Waals surface area contributed by atoms with Gasteiger partial charge in [0.25, 0.3) is 5.91 Å². The fourth-order valence-corrected chi connectivity index (χ4v) is 8.13. The molecule has 0 bridgehead atoms. The van der Waals surface area contributed by atoms with Crippen LogP contribution in [0, 0.1) is 11.8 Å². The summed E-state index contributed by atoms with van der Waals surface area (Å²) in [7, 11) is -2.40. The highest BCUT2D eigenvalue weighted by atomic mass is 35.5. The molecule has 4 amide bonds. The Bertz CT molecular complexity index is 2040. The number of aromatic nitrogens is 3. The van der Waals surface area contributed by atoms with E-state index in [4.69, 9.17) is 17.3 Å². The maximum Gasteiger partial charge on any atom is 0.328 e. The Morgan fingerprint density at radius 1 is 1.06 bits per heavy atom. The Labute approximate surface area is 308 Å².